The fourth-order valence-corrected chi connectivity index (χ4v) is 3.90. The van der Waals surface area contributed by atoms with E-state index in [0.29, 0.717) is 17.2 Å². The standard InChI is InChI=1S/C22H22N6O/c1-16-6-5-7-17(12-16)19-8-11-27(25-19)20-14-22(26-9-3-2-4-10-26)28-21(23-20)13-18(15-29)24-28/h5-8,11-15H,2-4,9-10H2,1H3. The number of rotatable bonds is 4. The van der Waals surface area contributed by atoms with Crippen LogP contribution in [0.5, 0.6) is 0 Å². The molecular formula is C22H22N6O. The molecule has 0 bridgehead atoms. The van der Waals surface area contributed by atoms with E-state index in [1.165, 1.54) is 12.0 Å². The molecule has 0 amide bonds. The van der Waals surface area contributed by atoms with Crippen molar-refractivity contribution in [3.8, 4) is 17.1 Å². The molecule has 1 aromatic carbocycles. The zero-order valence-electron chi connectivity index (χ0n) is 16.3. The second-order valence-electron chi connectivity index (χ2n) is 7.49. The van der Waals surface area contributed by atoms with E-state index in [2.05, 4.69) is 35.1 Å². The number of nitrogens with zero attached hydrogens (tertiary/aromatic N) is 6. The minimum atomic E-state index is 0.383. The van der Waals surface area contributed by atoms with Crippen LogP contribution in [0.4, 0.5) is 5.82 Å². The van der Waals surface area contributed by atoms with Crippen molar-refractivity contribution >= 4 is 17.8 Å². The summed E-state index contributed by atoms with van der Waals surface area (Å²) < 4.78 is 3.56. The Balaban J connectivity index is 1.60. The minimum Gasteiger partial charge on any atom is -0.356 e. The van der Waals surface area contributed by atoms with Crippen LogP contribution < -0.4 is 4.90 Å². The topological polar surface area (TPSA) is 68.3 Å². The first-order chi connectivity index (χ1) is 14.2. The van der Waals surface area contributed by atoms with Crippen molar-refractivity contribution in [2.75, 3.05) is 18.0 Å². The van der Waals surface area contributed by atoms with Crippen LogP contribution in [-0.4, -0.2) is 43.8 Å². The summed E-state index contributed by atoms with van der Waals surface area (Å²) in [5.74, 6) is 1.67. The minimum absolute atomic E-state index is 0.383. The molecule has 5 rings (SSSR count). The molecule has 3 aromatic heterocycles. The molecule has 0 spiro atoms. The van der Waals surface area contributed by atoms with Crippen LogP contribution in [0.3, 0.4) is 0 Å². The number of aromatic nitrogens is 5. The molecule has 0 aliphatic carbocycles. The summed E-state index contributed by atoms with van der Waals surface area (Å²) in [5.41, 5.74) is 4.21. The van der Waals surface area contributed by atoms with Crippen LogP contribution in [0.1, 0.15) is 35.3 Å². The lowest BCUT2D eigenvalue weighted by molar-refractivity contribution is 0.111. The third-order valence-corrected chi connectivity index (χ3v) is 5.35. The summed E-state index contributed by atoms with van der Waals surface area (Å²) in [5, 5.41) is 9.17. The molecular weight excluding hydrogens is 364 g/mol. The van der Waals surface area contributed by atoms with E-state index >= 15 is 0 Å². The highest BCUT2D eigenvalue weighted by Crippen LogP contribution is 2.25. The Kier molecular flexibility index (Phi) is 4.35. The smallest absolute Gasteiger partial charge is 0.170 e. The molecule has 0 saturated carbocycles. The van der Waals surface area contributed by atoms with E-state index in [-0.39, 0.29) is 0 Å². The van der Waals surface area contributed by atoms with E-state index in [1.807, 2.05) is 24.4 Å². The van der Waals surface area contributed by atoms with Gasteiger partial charge in [-0.05, 0) is 38.3 Å². The lowest BCUT2D eigenvalue weighted by Crippen LogP contribution is -2.31. The molecule has 4 heterocycles. The van der Waals surface area contributed by atoms with E-state index < -0.39 is 0 Å². The van der Waals surface area contributed by atoms with Gasteiger partial charge in [-0.2, -0.15) is 14.7 Å². The summed E-state index contributed by atoms with van der Waals surface area (Å²) >= 11 is 0. The second kappa shape index (κ2) is 7.16. The van der Waals surface area contributed by atoms with Gasteiger partial charge in [0.15, 0.2) is 17.8 Å². The average Bonchev–Trinajstić information content (AvgIpc) is 3.41. The maximum absolute atomic E-state index is 11.3. The molecule has 7 nitrogen and oxygen atoms in total. The first kappa shape index (κ1) is 17.6. The van der Waals surface area contributed by atoms with Gasteiger partial charge in [0, 0.05) is 37.0 Å². The summed E-state index contributed by atoms with van der Waals surface area (Å²) in [6, 6.07) is 14.0. The number of benzene rings is 1. The molecule has 0 N–H and O–H groups in total. The lowest BCUT2D eigenvalue weighted by atomic mass is 10.1. The summed E-state index contributed by atoms with van der Waals surface area (Å²) in [4.78, 5) is 18.3. The third-order valence-electron chi connectivity index (χ3n) is 5.35. The molecule has 0 radical (unpaired) electrons. The number of carbonyl (C=O) groups is 1. The van der Waals surface area contributed by atoms with Gasteiger partial charge in [0.25, 0.3) is 0 Å². The summed E-state index contributed by atoms with van der Waals surface area (Å²) in [6.07, 6.45) is 6.24. The Morgan fingerprint density at radius 2 is 1.86 bits per heavy atom. The SMILES string of the molecule is Cc1cccc(-c2ccn(-c3cc(N4CCCCC4)n4nc(C=O)cc4n3)n2)c1. The van der Waals surface area contributed by atoms with Gasteiger partial charge in [-0.25, -0.2) is 9.67 Å². The maximum atomic E-state index is 11.3. The Morgan fingerprint density at radius 3 is 2.66 bits per heavy atom. The monoisotopic (exact) mass is 386 g/mol. The molecule has 1 aliphatic rings. The number of hydrogen-bond donors (Lipinski definition) is 0. The highest BCUT2D eigenvalue weighted by atomic mass is 16.1. The number of aryl methyl sites for hydroxylation is 1. The first-order valence-corrected chi connectivity index (χ1v) is 9.95. The van der Waals surface area contributed by atoms with E-state index in [9.17, 15) is 4.79 Å². The van der Waals surface area contributed by atoms with Gasteiger partial charge in [0.05, 0.1) is 5.69 Å². The number of hydrogen-bond acceptors (Lipinski definition) is 5. The predicted molar refractivity (Wildman–Crippen MR) is 112 cm³/mol. The first-order valence-electron chi connectivity index (χ1n) is 9.95. The van der Waals surface area contributed by atoms with E-state index in [1.54, 1.807) is 15.3 Å². The van der Waals surface area contributed by atoms with Crippen LogP contribution in [0.25, 0.3) is 22.7 Å². The molecule has 1 aliphatic heterocycles. The number of aldehydes is 1. The third kappa shape index (κ3) is 3.29. The zero-order chi connectivity index (χ0) is 19.8. The van der Waals surface area contributed by atoms with Crippen LogP contribution in [0, 0.1) is 6.92 Å². The molecule has 4 aromatic rings. The molecule has 146 valence electrons. The molecule has 7 heteroatoms. The van der Waals surface area contributed by atoms with Crippen molar-refractivity contribution in [2.45, 2.75) is 26.2 Å². The van der Waals surface area contributed by atoms with Crippen molar-refractivity contribution in [1.82, 2.24) is 24.4 Å². The largest absolute Gasteiger partial charge is 0.356 e. The van der Waals surface area contributed by atoms with Gasteiger partial charge in [-0.3, -0.25) is 4.79 Å². The summed E-state index contributed by atoms with van der Waals surface area (Å²) in [6.45, 7) is 4.02. The molecule has 0 unspecified atom stereocenters. The average molecular weight is 386 g/mol. The number of carbonyl (C=O) groups excluding carboxylic acids is 1. The van der Waals surface area contributed by atoms with Gasteiger partial charge in [0.2, 0.25) is 0 Å². The number of fused-ring (bicyclic) bond motifs is 1. The van der Waals surface area contributed by atoms with Gasteiger partial charge >= 0.3 is 0 Å². The van der Waals surface area contributed by atoms with Gasteiger partial charge in [0.1, 0.15) is 11.5 Å². The molecule has 29 heavy (non-hydrogen) atoms. The Hall–Kier alpha value is -3.48. The molecule has 1 saturated heterocycles. The van der Waals surface area contributed by atoms with Crippen LogP contribution in [0.2, 0.25) is 0 Å². The highest BCUT2D eigenvalue weighted by Gasteiger charge is 2.18. The van der Waals surface area contributed by atoms with E-state index in [0.717, 1.165) is 49.3 Å². The maximum Gasteiger partial charge on any atom is 0.170 e. The summed E-state index contributed by atoms with van der Waals surface area (Å²) in [7, 11) is 0. The van der Waals surface area contributed by atoms with Crippen LogP contribution >= 0.6 is 0 Å². The molecule has 0 atom stereocenters. The second-order valence-corrected chi connectivity index (χ2v) is 7.49. The van der Waals surface area contributed by atoms with Gasteiger partial charge in [-0.15, -0.1) is 0 Å². The normalized spacial score (nSPS) is 14.4. The van der Waals surface area contributed by atoms with Crippen LogP contribution in [0.15, 0.2) is 48.7 Å². The predicted octanol–water partition coefficient (Wildman–Crippen LogP) is 3.69. The van der Waals surface area contributed by atoms with Crippen LogP contribution in [-0.2, 0) is 0 Å². The van der Waals surface area contributed by atoms with Crippen molar-refractivity contribution in [3.63, 3.8) is 0 Å². The van der Waals surface area contributed by atoms with Crippen molar-refractivity contribution < 1.29 is 4.79 Å². The van der Waals surface area contributed by atoms with Crippen molar-refractivity contribution in [2.24, 2.45) is 0 Å². The van der Waals surface area contributed by atoms with Gasteiger partial charge in [-0.1, -0.05) is 23.8 Å². The quantitative estimate of drug-likeness (QED) is 0.500. The zero-order valence-corrected chi connectivity index (χ0v) is 16.3. The van der Waals surface area contributed by atoms with Crippen molar-refractivity contribution in [3.05, 3.63) is 59.9 Å². The fraction of sp³-hybridized carbons (Fsp3) is 0.273. The lowest BCUT2D eigenvalue weighted by Gasteiger charge is -2.29. The Bertz CT molecular complexity index is 1190. The number of anilines is 1. The Morgan fingerprint density at radius 1 is 1.00 bits per heavy atom. The molecule has 1 fully saturated rings. The highest BCUT2D eigenvalue weighted by molar-refractivity contribution is 5.75. The van der Waals surface area contributed by atoms with E-state index in [4.69, 9.17) is 10.1 Å². The Labute approximate surface area is 168 Å². The number of piperidine rings is 1. The van der Waals surface area contributed by atoms with Crippen molar-refractivity contribution in [1.29, 1.82) is 0 Å². The van der Waals surface area contributed by atoms with Gasteiger partial charge < -0.3 is 4.90 Å². The fourth-order valence-electron chi connectivity index (χ4n) is 3.90.